The van der Waals surface area contributed by atoms with Crippen LogP contribution < -0.4 is 16.0 Å². The van der Waals surface area contributed by atoms with Gasteiger partial charge in [-0.2, -0.15) is 0 Å². The zero-order valence-electron chi connectivity index (χ0n) is 13.1. The quantitative estimate of drug-likeness (QED) is 0.896. The number of nitrogens with two attached hydrogens (primary N) is 1. The van der Waals surface area contributed by atoms with Crippen molar-refractivity contribution in [3.8, 4) is 0 Å². The van der Waals surface area contributed by atoms with Gasteiger partial charge in [-0.25, -0.2) is 4.98 Å². The van der Waals surface area contributed by atoms with Crippen molar-refractivity contribution >= 4 is 17.4 Å². The fraction of sp³-hybridized carbons (Fsp3) is 0.647. The summed E-state index contributed by atoms with van der Waals surface area (Å²) in [6.07, 6.45) is 9.33. The van der Waals surface area contributed by atoms with Crippen LogP contribution in [-0.2, 0) is 4.79 Å². The van der Waals surface area contributed by atoms with Crippen LogP contribution in [0.2, 0.25) is 0 Å². The molecule has 22 heavy (non-hydrogen) atoms. The molecule has 5 nitrogen and oxygen atoms in total. The number of hydrogen-bond donors (Lipinski definition) is 2. The lowest BCUT2D eigenvalue weighted by atomic mass is 10.00. The van der Waals surface area contributed by atoms with Crippen LogP contribution in [0.4, 0.5) is 11.5 Å². The number of rotatable bonds is 4. The van der Waals surface area contributed by atoms with E-state index in [-0.39, 0.29) is 11.9 Å². The maximum Gasteiger partial charge on any atom is 0.224 e. The highest BCUT2D eigenvalue weighted by atomic mass is 16.1. The Kier molecular flexibility index (Phi) is 4.93. The van der Waals surface area contributed by atoms with E-state index in [1.165, 1.54) is 19.3 Å². The third kappa shape index (κ3) is 3.77. The van der Waals surface area contributed by atoms with Gasteiger partial charge >= 0.3 is 0 Å². The molecule has 120 valence electrons. The third-order valence-corrected chi connectivity index (χ3v) is 4.88. The van der Waals surface area contributed by atoms with Crippen molar-refractivity contribution in [1.82, 2.24) is 4.98 Å². The molecule has 3 N–H and O–H groups in total. The lowest BCUT2D eigenvalue weighted by Crippen LogP contribution is -2.30. The van der Waals surface area contributed by atoms with Gasteiger partial charge in [0.25, 0.3) is 0 Å². The summed E-state index contributed by atoms with van der Waals surface area (Å²) < 4.78 is 0. The average Bonchev–Trinajstić information content (AvgIpc) is 2.94. The lowest BCUT2D eigenvalue weighted by molar-refractivity contribution is -0.117. The number of carbonyl (C=O) groups excluding carboxylic acids is 1. The van der Waals surface area contributed by atoms with Crippen LogP contribution in [0.25, 0.3) is 0 Å². The number of amides is 1. The fourth-order valence-corrected chi connectivity index (χ4v) is 3.54. The molecule has 1 aliphatic carbocycles. The monoisotopic (exact) mass is 302 g/mol. The van der Waals surface area contributed by atoms with Crippen molar-refractivity contribution in [3.63, 3.8) is 0 Å². The van der Waals surface area contributed by atoms with E-state index in [2.05, 4.69) is 15.2 Å². The summed E-state index contributed by atoms with van der Waals surface area (Å²) in [5.74, 6) is 1.39. The molecule has 0 spiro atoms. The number of piperidine rings is 1. The van der Waals surface area contributed by atoms with Gasteiger partial charge in [0.15, 0.2) is 0 Å². The Morgan fingerprint density at radius 1 is 1.23 bits per heavy atom. The summed E-state index contributed by atoms with van der Waals surface area (Å²) in [5, 5.41) is 2.94. The molecule has 0 unspecified atom stereocenters. The first kappa shape index (κ1) is 15.3. The van der Waals surface area contributed by atoms with Crippen LogP contribution in [0, 0.1) is 5.92 Å². The van der Waals surface area contributed by atoms with Crippen molar-refractivity contribution in [2.45, 2.75) is 51.0 Å². The van der Waals surface area contributed by atoms with Crippen LogP contribution >= 0.6 is 0 Å². The highest BCUT2D eigenvalue weighted by Crippen LogP contribution is 2.27. The predicted octanol–water partition coefficient (Wildman–Crippen LogP) is 2.53. The second-order valence-electron chi connectivity index (χ2n) is 6.56. The summed E-state index contributed by atoms with van der Waals surface area (Å²) in [7, 11) is 0. The smallest absolute Gasteiger partial charge is 0.224 e. The van der Waals surface area contributed by atoms with Gasteiger partial charge in [-0.3, -0.25) is 4.79 Å². The first-order chi connectivity index (χ1) is 10.7. The molecule has 1 aromatic heterocycles. The number of nitrogens with one attached hydrogen (secondary N) is 1. The fourth-order valence-electron chi connectivity index (χ4n) is 3.54. The molecule has 0 bridgehead atoms. The van der Waals surface area contributed by atoms with Gasteiger partial charge in [-0.15, -0.1) is 0 Å². The molecule has 2 fully saturated rings. The molecule has 1 saturated carbocycles. The molecule has 1 aliphatic heterocycles. The minimum Gasteiger partial charge on any atom is -0.357 e. The van der Waals surface area contributed by atoms with E-state index in [0.29, 0.717) is 12.3 Å². The molecule has 0 radical (unpaired) electrons. The first-order valence-corrected chi connectivity index (χ1v) is 8.49. The number of aromatic nitrogens is 1. The van der Waals surface area contributed by atoms with Gasteiger partial charge < -0.3 is 16.0 Å². The zero-order valence-corrected chi connectivity index (χ0v) is 13.1. The summed E-state index contributed by atoms with van der Waals surface area (Å²) in [4.78, 5) is 18.9. The molecule has 2 aliphatic rings. The molecule has 1 aromatic rings. The Labute approximate surface area is 132 Å². The van der Waals surface area contributed by atoms with E-state index in [4.69, 9.17) is 5.73 Å². The SMILES string of the molecule is N[C@@H]1CCC[C@H]1CC(=O)Nc1ccc(N2CCCCC2)nc1. The second-order valence-corrected chi connectivity index (χ2v) is 6.56. The van der Waals surface area contributed by atoms with Gasteiger partial charge in [0, 0.05) is 25.6 Å². The third-order valence-electron chi connectivity index (χ3n) is 4.88. The minimum absolute atomic E-state index is 0.0508. The van der Waals surface area contributed by atoms with Crippen molar-refractivity contribution in [3.05, 3.63) is 18.3 Å². The predicted molar refractivity (Wildman–Crippen MR) is 88.9 cm³/mol. The van der Waals surface area contributed by atoms with Gasteiger partial charge in [-0.1, -0.05) is 6.42 Å². The van der Waals surface area contributed by atoms with Crippen molar-refractivity contribution < 1.29 is 4.79 Å². The summed E-state index contributed by atoms with van der Waals surface area (Å²) in [6, 6.07) is 4.14. The highest BCUT2D eigenvalue weighted by Gasteiger charge is 2.26. The zero-order chi connectivity index (χ0) is 15.4. The van der Waals surface area contributed by atoms with E-state index in [1.54, 1.807) is 6.20 Å². The van der Waals surface area contributed by atoms with Gasteiger partial charge in [0.05, 0.1) is 11.9 Å². The first-order valence-electron chi connectivity index (χ1n) is 8.49. The van der Waals surface area contributed by atoms with E-state index >= 15 is 0 Å². The summed E-state index contributed by atoms with van der Waals surface area (Å²) in [5.41, 5.74) is 6.80. The van der Waals surface area contributed by atoms with Gasteiger partial charge in [0.1, 0.15) is 5.82 Å². The van der Waals surface area contributed by atoms with E-state index in [1.807, 2.05) is 12.1 Å². The number of pyridine rings is 1. The number of carbonyl (C=O) groups is 1. The van der Waals surface area contributed by atoms with Crippen molar-refractivity contribution in [2.24, 2.45) is 11.7 Å². The molecule has 0 aromatic carbocycles. The van der Waals surface area contributed by atoms with Gasteiger partial charge in [0.2, 0.25) is 5.91 Å². The average molecular weight is 302 g/mol. The lowest BCUT2D eigenvalue weighted by Gasteiger charge is -2.27. The molecule has 2 heterocycles. The van der Waals surface area contributed by atoms with E-state index in [0.717, 1.165) is 43.9 Å². The molecule has 3 rings (SSSR count). The number of anilines is 2. The molecular weight excluding hydrogens is 276 g/mol. The van der Waals surface area contributed by atoms with Crippen LogP contribution in [-0.4, -0.2) is 30.0 Å². The molecular formula is C17H26N4O. The van der Waals surface area contributed by atoms with Crippen LogP contribution in [0.1, 0.15) is 44.9 Å². The minimum atomic E-state index is 0.0508. The largest absolute Gasteiger partial charge is 0.357 e. The maximum atomic E-state index is 12.1. The number of hydrogen-bond acceptors (Lipinski definition) is 4. The maximum absolute atomic E-state index is 12.1. The van der Waals surface area contributed by atoms with Crippen LogP contribution in [0.5, 0.6) is 0 Å². The second kappa shape index (κ2) is 7.09. The number of nitrogens with zero attached hydrogens (tertiary/aromatic N) is 2. The van der Waals surface area contributed by atoms with Gasteiger partial charge in [-0.05, 0) is 50.2 Å². The summed E-state index contributed by atoms with van der Waals surface area (Å²) in [6.45, 7) is 2.16. The normalized spacial score (nSPS) is 25.2. The van der Waals surface area contributed by atoms with E-state index in [9.17, 15) is 4.79 Å². The Hall–Kier alpha value is -1.62. The standard InChI is InChI=1S/C17H26N4O/c18-15-6-4-5-13(15)11-17(22)20-14-7-8-16(19-12-14)21-9-2-1-3-10-21/h7-8,12-13,15H,1-6,9-11,18H2,(H,20,22)/t13-,15+/m0/s1. The molecule has 1 saturated heterocycles. The Bertz CT molecular complexity index is 496. The van der Waals surface area contributed by atoms with Crippen molar-refractivity contribution in [1.29, 1.82) is 0 Å². The summed E-state index contributed by atoms with van der Waals surface area (Å²) >= 11 is 0. The topological polar surface area (TPSA) is 71.2 Å². The highest BCUT2D eigenvalue weighted by molar-refractivity contribution is 5.90. The molecule has 1 amide bonds. The molecule has 5 heteroatoms. The Morgan fingerprint density at radius 3 is 2.68 bits per heavy atom. The van der Waals surface area contributed by atoms with E-state index < -0.39 is 0 Å². The molecule has 2 atom stereocenters. The Balaban J connectivity index is 1.53. The Morgan fingerprint density at radius 2 is 2.05 bits per heavy atom. The van der Waals surface area contributed by atoms with Crippen LogP contribution in [0.15, 0.2) is 18.3 Å². The van der Waals surface area contributed by atoms with Crippen molar-refractivity contribution in [2.75, 3.05) is 23.3 Å². The van der Waals surface area contributed by atoms with Crippen LogP contribution in [0.3, 0.4) is 0 Å².